The number of fused-ring (bicyclic) bond motifs is 2. The van der Waals surface area contributed by atoms with Gasteiger partial charge in [-0.3, -0.25) is 4.79 Å². The number of ether oxygens (including phenoxy) is 3. The monoisotopic (exact) mass is 371 g/mol. The lowest BCUT2D eigenvalue weighted by atomic mass is 10.1. The minimum absolute atomic E-state index is 0.0312. The number of halogens is 1. The second kappa shape index (κ2) is 6.82. The van der Waals surface area contributed by atoms with Gasteiger partial charge in [0.1, 0.15) is 18.1 Å². The van der Waals surface area contributed by atoms with Crippen LogP contribution in [0.3, 0.4) is 0 Å². The van der Waals surface area contributed by atoms with Gasteiger partial charge in [-0.2, -0.15) is 0 Å². The van der Waals surface area contributed by atoms with Crippen molar-refractivity contribution in [3.8, 4) is 5.75 Å². The number of pyridine rings is 1. The second-order valence-electron chi connectivity index (χ2n) is 5.84. The van der Waals surface area contributed by atoms with Crippen LogP contribution in [-0.4, -0.2) is 17.7 Å². The highest BCUT2D eigenvalue weighted by Gasteiger charge is 2.18. The van der Waals surface area contributed by atoms with Crippen molar-refractivity contribution in [1.29, 1.82) is 0 Å². The molecule has 1 aliphatic heterocycles. The molecule has 0 radical (unpaired) electrons. The van der Waals surface area contributed by atoms with Crippen molar-refractivity contribution >= 4 is 28.3 Å². The zero-order valence-corrected chi connectivity index (χ0v) is 14.3. The van der Waals surface area contributed by atoms with Crippen molar-refractivity contribution in [3.05, 3.63) is 74.7 Å². The fraction of sp³-hybridized carbons (Fsp3) is 0.158. The van der Waals surface area contributed by atoms with E-state index >= 15 is 0 Å². The molecule has 0 spiro atoms. The quantitative estimate of drug-likeness (QED) is 0.714. The van der Waals surface area contributed by atoms with Crippen LogP contribution in [0, 0.1) is 0 Å². The summed E-state index contributed by atoms with van der Waals surface area (Å²) in [5, 5.41) is 1.69. The smallest absolute Gasteiger partial charge is 0.355 e. The summed E-state index contributed by atoms with van der Waals surface area (Å²) in [6, 6.07) is 12.1. The summed E-state index contributed by atoms with van der Waals surface area (Å²) >= 11 is 6.10. The van der Waals surface area contributed by atoms with Crippen LogP contribution in [0.1, 0.15) is 21.6 Å². The Labute approximate surface area is 153 Å². The molecule has 3 aromatic rings. The zero-order valence-electron chi connectivity index (χ0n) is 13.6. The number of hydrogen-bond acceptors (Lipinski definition) is 5. The molecule has 7 heteroatoms. The first-order chi connectivity index (χ1) is 12.6. The Balaban J connectivity index is 1.58. The Bertz CT molecular complexity index is 1060. The van der Waals surface area contributed by atoms with Crippen LogP contribution >= 0.6 is 11.6 Å². The van der Waals surface area contributed by atoms with Crippen molar-refractivity contribution in [2.75, 3.05) is 6.79 Å². The molecular weight excluding hydrogens is 358 g/mol. The second-order valence-corrected chi connectivity index (χ2v) is 6.28. The highest BCUT2D eigenvalue weighted by molar-refractivity contribution is 6.30. The van der Waals surface area contributed by atoms with E-state index in [-0.39, 0.29) is 24.7 Å². The molecule has 1 aliphatic rings. The number of hydrogen-bond donors (Lipinski definition) is 1. The van der Waals surface area contributed by atoms with E-state index < -0.39 is 5.97 Å². The average Bonchev–Trinajstić information content (AvgIpc) is 2.65. The first-order valence-electron chi connectivity index (χ1n) is 7.93. The maximum atomic E-state index is 12.4. The predicted molar refractivity (Wildman–Crippen MR) is 95.4 cm³/mol. The van der Waals surface area contributed by atoms with Crippen molar-refractivity contribution in [2.45, 2.75) is 13.2 Å². The first kappa shape index (κ1) is 16.6. The number of esters is 1. The average molecular weight is 372 g/mol. The molecule has 0 aliphatic carbocycles. The molecule has 0 bridgehead atoms. The van der Waals surface area contributed by atoms with E-state index in [1.165, 1.54) is 0 Å². The van der Waals surface area contributed by atoms with Gasteiger partial charge in [0.25, 0.3) is 5.56 Å². The van der Waals surface area contributed by atoms with E-state index in [4.69, 9.17) is 25.8 Å². The molecule has 0 saturated carbocycles. The van der Waals surface area contributed by atoms with Crippen LogP contribution in [0.4, 0.5) is 0 Å². The molecule has 2 heterocycles. The van der Waals surface area contributed by atoms with Gasteiger partial charge in [0.05, 0.1) is 6.61 Å². The number of carbonyl (C=O) groups excluding carboxylic acids is 1. The van der Waals surface area contributed by atoms with Gasteiger partial charge in [0, 0.05) is 21.5 Å². The molecule has 0 saturated heterocycles. The van der Waals surface area contributed by atoms with Crippen molar-refractivity contribution in [3.63, 3.8) is 0 Å². The Morgan fingerprint density at radius 3 is 2.96 bits per heavy atom. The fourth-order valence-corrected chi connectivity index (χ4v) is 3.17. The lowest BCUT2D eigenvalue weighted by molar-refractivity contribution is -0.0180. The molecule has 132 valence electrons. The molecule has 26 heavy (non-hydrogen) atoms. The molecule has 1 N–H and O–H groups in total. The van der Waals surface area contributed by atoms with Gasteiger partial charge >= 0.3 is 5.97 Å². The van der Waals surface area contributed by atoms with Crippen LogP contribution in [0.25, 0.3) is 10.8 Å². The summed E-state index contributed by atoms with van der Waals surface area (Å²) in [5.74, 6) is -0.0194. The van der Waals surface area contributed by atoms with Gasteiger partial charge in [-0.05, 0) is 29.7 Å². The largest absolute Gasteiger partial charge is 0.467 e. The number of rotatable bonds is 3. The van der Waals surface area contributed by atoms with Crippen LogP contribution < -0.4 is 10.3 Å². The molecule has 1 aromatic heterocycles. The summed E-state index contributed by atoms with van der Waals surface area (Å²) in [5.41, 5.74) is 1.20. The third-order valence-corrected chi connectivity index (χ3v) is 4.30. The number of nitrogens with one attached hydrogen (secondary N) is 1. The van der Waals surface area contributed by atoms with Crippen LogP contribution in [0.15, 0.2) is 47.3 Å². The van der Waals surface area contributed by atoms with Gasteiger partial charge in [-0.1, -0.05) is 29.8 Å². The first-order valence-corrected chi connectivity index (χ1v) is 8.30. The lowest BCUT2D eigenvalue weighted by Gasteiger charge is -2.21. The molecule has 0 fully saturated rings. The summed E-state index contributed by atoms with van der Waals surface area (Å²) in [4.78, 5) is 27.0. The normalized spacial score (nSPS) is 13.1. The van der Waals surface area contributed by atoms with Gasteiger partial charge < -0.3 is 19.2 Å². The number of carbonyl (C=O) groups is 1. The SMILES string of the molecule is O=C(OCc1cc(Cl)cc2c1OCOC2)c1cc2ccccc2c(=O)[nH]1. The Morgan fingerprint density at radius 2 is 2.08 bits per heavy atom. The molecule has 0 atom stereocenters. The molecule has 6 nitrogen and oxygen atoms in total. The Hall–Kier alpha value is -2.83. The van der Waals surface area contributed by atoms with E-state index in [0.29, 0.717) is 33.7 Å². The van der Waals surface area contributed by atoms with Gasteiger partial charge in [-0.25, -0.2) is 4.79 Å². The maximum absolute atomic E-state index is 12.4. The zero-order chi connectivity index (χ0) is 18.1. The summed E-state index contributed by atoms with van der Waals surface area (Å²) in [7, 11) is 0. The molecule has 0 unspecified atom stereocenters. The number of H-pyrrole nitrogens is 1. The molecule has 0 amide bonds. The maximum Gasteiger partial charge on any atom is 0.355 e. The highest BCUT2D eigenvalue weighted by Crippen LogP contribution is 2.32. The minimum atomic E-state index is -0.631. The van der Waals surface area contributed by atoms with Gasteiger partial charge in [0.15, 0.2) is 6.79 Å². The van der Waals surface area contributed by atoms with Crippen LogP contribution in [-0.2, 0) is 22.7 Å². The third-order valence-electron chi connectivity index (χ3n) is 4.08. The van der Waals surface area contributed by atoms with E-state index in [0.717, 1.165) is 5.56 Å². The van der Waals surface area contributed by atoms with Crippen molar-refractivity contribution in [2.24, 2.45) is 0 Å². The van der Waals surface area contributed by atoms with Crippen LogP contribution in [0.5, 0.6) is 5.75 Å². The predicted octanol–water partition coefficient (Wildman–Crippen LogP) is 3.41. The van der Waals surface area contributed by atoms with E-state index in [1.54, 1.807) is 42.5 Å². The van der Waals surface area contributed by atoms with Crippen molar-refractivity contribution < 1.29 is 19.0 Å². The van der Waals surface area contributed by atoms with Crippen LogP contribution in [0.2, 0.25) is 5.02 Å². The van der Waals surface area contributed by atoms with E-state index in [9.17, 15) is 9.59 Å². The summed E-state index contributed by atoms with van der Waals surface area (Å²) < 4.78 is 16.1. The fourth-order valence-electron chi connectivity index (χ4n) is 2.91. The number of aromatic amines is 1. The molecule has 2 aromatic carbocycles. The lowest BCUT2D eigenvalue weighted by Crippen LogP contribution is -2.16. The molecule has 4 rings (SSSR count). The summed E-state index contributed by atoms with van der Waals surface area (Å²) in [6.07, 6.45) is 0. The third kappa shape index (κ3) is 3.16. The summed E-state index contributed by atoms with van der Waals surface area (Å²) in [6.45, 7) is 0.485. The van der Waals surface area contributed by atoms with Gasteiger partial charge in [-0.15, -0.1) is 0 Å². The highest BCUT2D eigenvalue weighted by atomic mass is 35.5. The number of benzene rings is 2. The van der Waals surface area contributed by atoms with Crippen molar-refractivity contribution in [1.82, 2.24) is 4.98 Å². The van der Waals surface area contributed by atoms with E-state index in [2.05, 4.69) is 4.98 Å². The molecular formula is C19H14ClNO5. The minimum Gasteiger partial charge on any atom is -0.467 e. The number of aromatic nitrogens is 1. The Morgan fingerprint density at radius 1 is 1.23 bits per heavy atom. The van der Waals surface area contributed by atoms with E-state index in [1.807, 2.05) is 0 Å². The Kier molecular flexibility index (Phi) is 4.36. The topological polar surface area (TPSA) is 77.6 Å². The standard InChI is InChI=1S/C19H14ClNO5/c20-14-5-12-8-24-10-26-17(12)13(6-14)9-25-19(23)16-7-11-3-1-2-4-15(11)18(22)21-16/h1-7H,8-10H2,(H,21,22). The van der Waals surface area contributed by atoms with Gasteiger partial charge in [0.2, 0.25) is 0 Å².